The van der Waals surface area contributed by atoms with Gasteiger partial charge in [-0.2, -0.15) is 0 Å². The Bertz CT molecular complexity index is 813. The highest BCUT2D eigenvalue weighted by Crippen LogP contribution is 2.33. The van der Waals surface area contributed by atoms with Crippen LogP contribution in [0.25, 0.3) is 0 Å². The maximum absolute atomic E-state index is 13.1. The number of ether oxygens (including phenoxy) is 2. The minimum atomic E-state index is -0.559. The average Bonchev–Trinajstić information content (AvgIpc) is 2.97. The number of halogens is 1. The first-order valence-corrected chi connectivity index (χ1v) is 8.58. The topological polar surface area (TPSA) is 51.7 Å². The van der Waals surface area contributed by atoms with Crippen molar-refractivity contribution in [2.24, 2.45) is 0 Å². The molecule has 26 heavy (non-hydrogen) atoms. The number of benzene rings is 1. The Morgan fingerprint density at radius 1 is 1.27 bits per heavy atom. The highest BCUT2D eigenvalue weighted by molar-refractivity contribution is 5.90. The molecule has 1 aliphatic rings. The van der Waals surface area contributed by atoms with E-state index in [2.05, 4.69) is 4.98 Å². The van der Waals surface area contributed by atoms with Crippen LogP contribution in [0.3, 0.4) is 0 Å². The SMILES string of the molecule is COc1nc2c(cc1Cc1ccc(F)cc1)N(C(=O)OC(C)(C)C)CC2. The highest BCUT2D eigenvalue weighted by atomic mass is 19.1. The number of nitrogens with zero attached hydrogens (tertiary/aromatic N) is 2. The van der Waals surface area contributed by atoms with E-state index < -0.39 is 5.60 Å². The first-order chi connectivity index (χ1) is 12.3. The molecule has 0 aliphatic carbocycles. The predicted molar refractivity (Wildman–Crippen MR) is 97.3 cm³/mol. The normalized spacial score (nSPS) is 13.5. The van der Waals surface area contributed by atoms with Gasteiger partial charge in [0.25, 0.3) is 0 Å². The molecule has 0 N–H and O–H groups in total. The summed E-state index contributed by atoms with van der Waals surface area (Å²) in [5.74, 6) is 0.253. The van der Waals surface area contributed by atoms with Gasteiger partial charge < -0.3 is 9.47 Å². The number of carbonyl (C=O) groups is 1. The van der Waals surface area contributed by atoms with Crippen molar-refractivity contribution in [1.29, 1.82) is 0 Å². The summed E-state index contributed by atoms with van der Waals surface area (Å²) in [5.41, 5.74) is 2.78. The largest absolute Gasteiger partial charge is 0.481 e. The van der Waals surface area contributed by atoms with Crippen molar-refractivity contribution in [2.45, 2.75) is 39.2 Å². The van der Waals surface area contributed by atoms with E-state index in [0.29, 0.717) is 25.3 Å². The Balaban J connectivity index is 1.91. The molecule has 1 aromatic heterocycles. The van der Waals surface area contributed by atoms with E-state index in [1.807, 2.05) is 26.8 Å². The summed E-state index contributed by atoms with van der Waals surface area (Å²) in [6.07, 6.45) is 0.809. The molecule has 0 bridgehead atoms. The number of pyridine rings is 1. The number of hydrogen-bond donors (Lipinski definition) is 0. The zero-order valence-electron chi connectivity index (χ0n) is 15.5. The number of amides is 1. The number of carbonyl (C=O) groups excluding carboxylic acids is 1. The van der Waals surface area contributed by atoms with Crippen molar-refractivity contribution < 1.29 is 18.7 Å². The number of aromatic nitrogens is 1. The Labute approximate surface area is 152 Å². The van der Waals surface area contributed by atoms with Gasteiger partial charge in [0, 0.05) is 24.9 Å². The smallest absolute Gasteiger partial charge is 0.414 e. The molecule has 0 radical (unpaired) electrons. The predicted octanol–water partition coefficient (Wildman–Crippen LogP) is 4.12. The molecule has 0 saturated heterocycles. The van der Waals surface area contributed by atoms with Gasteiger partial charge in [-0.1, -0.05) is 12.1 Å². The van der Waals surface area contributed by atoms with E-state index in [9.17, 15) is 9.18 Å². The van der Waals surface area contributed by atoms with Gasteiger partial charge >= 0.3 is 6.09 Å². The fourth-order valence-corrected chi connectivity index (χ4v) is 2.95. The maximum atomic E-state index is 13.1. The molecule has 1 amide bonds. The van der Waals surface area contributed by atoms with Crippen molar-refractivity contribution in [3.63, 3.8) is 0 Å². The second-order valence-corrected chi connectivity index (χ2v) is 7.31. The van der Waals surface area contributed by atoms with Crippen LogP contribution in [-0.2, 0) is 17.6 Å². The lowest BCUT2D eigenvalue weighted by atomic mass is 10.0. The van der Waals surface area contributed by atoms with Crippen LogP contribution in [0.4, 0.5) is 14.9 Å². The Morgan fingerprint density at radius 3 is 2.58 bits per heavy atom. The number of fused-ring (bicyclic) bond motifs is 1. The minimum Gasteiger partial charge on any atom is -0.481 e. The molecule has 3 rings (SSSR count). The lowest BCUT2D eigenvalue weighted by Gasteiger charge is -2.25. The summed E-state index contributed by atoms with van der Waals surface area (Å²) >= 11 is 0. The zero-order valence-corrected chi connectivity index (χ0v) is 15.5. The molecule has 1 aromatic carbocycles. The molecule has 6 heteroatoms. The Morgan fingerprint density at radius 2 is 1.96 bits per heavy atom. The fraction of sp³-hybridized carbons (Fsp3) is 0.400. The number of anilines is 1. The standard InChI is InChI=1S/C20H23FN2O3/c1-20(2,3)26-19(24)23-10-9-16-17(23)12-14(18(22-16)25-4)11-13-5-7-15(21)8-6-13/h5-8,12H,9-11H2,1-4H3. The van der Waals surface area contributed by atoms with Gasteiger partial charge in [-0.3, -0.25) is 4.90 Å². The molecule has 0 fully saturated rings. The lowest BCUT2D eigenvalue weighted by Crippen LogP contribution is -2.35. The van der Waals surface area contributed by atoms with Gasteiger partial charge in [0.15, 0.2) is 0 Å². The third-order valence-corrected chi connectivity index (χ3v) is 4.10. The van der Waals surface area contributed by atoms with E-state index in [1.54, 1.807) is 24.1 Å². The first-order valence-electron chi connectivity index (χ1n) is 8.58. The second-order valence-electron chi connectivity index (χ2n) is 7.31. The van der Waals surface area contributed by atoms with E-state index in [0.717, 1.165) is 22.5 Å². The van der Waals surface area contributed by atoms with E-state index in [4.69, 9.17) is 9.47 Å². The van der Waals surface area contributed by atoms with Crippen LogP contribution in [0.2, 0.25) is 0 Å². The van der Waals surface area contributed by atoms with Gasteiger partial charge in [0.2, 0.25) is 5.88 Å². The monoisotopic (exact) mass is 358 g/mol. The molecule has 138 valence electrons. The molecule has 2 aromatic rings. The van der Waals surface area contributed by atoms with E-state index in [1.165, 1.54) is 12.1 Å². The summed E-state index contributed by atoms with van der Waals surface area (Å²) in [7, 11) is 1.57. The number of rotatable bonds is 3. The molecule has 0 saturated carbocycles. The lowest BCUT2D eigenvalue weighted by molar-refractivity contribution is 0.0584. The van der Waals surface area contributed by atoms with E-state index >= 15 is 0 Å². The van der Waals surface area contributed by atoms with Crippen molar-refractivity contribution in [3.05, 3.63) is 53.0 Å². The summed E-state index contributed by atoms with van der Waals surface area (Å²) in [6, 6.07) is 8.23. The van der Waals surface area contributed by atoms with Crippen LogP contribution in [0.5, 0.6) is 5.88 Å². The molecule has 0 unspecified atom stereocenters. The number of hydrogen-bond acceptors (Lipinski definition) is 4. The van der Waals surface area contributed by atoms with Crippen LogP contribution in [0.15, 0.2) is 30.3 Å². The fourth-order valence-electron chi connectivity index (χ4n) is 2.95. The van der Waals surface area contributed by atoms with Crippen molar-refractivity contribution in [2.75, 3.05) is 18.6 Å². The maximum Gasteiger partial charge on any atom is 0.414 e. The number of methoxy groups -OCH3 is 1. The summed E-state index contributed by atoms with van der Waals surface area (Å²) < 4.78 is 24.0. The van der Waals surface area contributed by atoms with Gasteiger partial charge in [-0.15, -0.1) is 0 Å². The Kier molecular flexibility index (Phi) is 4.85. The van der Waals surface area contributed by atoms with Crippen molar-refractivity contribution >= 4 is 11.8 Å². The Hall–Kier alpha value is -2.63. The van der Waals surface area contributed by atoms with Crippen LogP contribution >= 0.6 is 0 Å². The molecular weight excluding hydrogens is 335 g/mol. The minimum absolute atomic E-state index is 0.274. The summed E-state index contributed by atoms with van der Waals surface area (Å²) in [4.78, 5) is 18.7. The first kappa shape index (κ1) is 18.2. The molecular formula is C20H23FN2O3. The molecule has 0 atom stereocenters. The van der Waals surface area contributed by atoms with Crippen LogP contribution in [0, 0.1) is 5.82 Å². The van der Waals surface area contributed by atoms with Crippen molar-refractivity contribution in [3.8, 4) is 5.88 Å². The van der Waals surface area contributed by atoms with Gasteiger partial charge in [0.05, 0.1) is 18.5 Å². The third-order valence-electron chi connectivity index (χ3n) is 4.10. The highest BCUT2D eigenvalue weighted by Gasteiger charge is 2.31. The molecule has 5 nitrogen and oxygen atoms in total. The van der Waals surface area contributed by atoms with Crippen LogP contribution in [0.1, 0.15) is 37.6 Å². The third kappa shape index (κ3) is 3.95. The van der Waals surface area contributed by atoms with Gasteiger partial charge in [-0.05, 0) is 44.5 Å². The second kappa shape index (κ2) is 6.94. The van der Waals surface area contributed by atoms with Crippen LogP contribution < -0.4 is 9.64 Å². The van der Waals surface area contributed by atoms with Crippen molar-refractivity contribution in [1.82, 2.24) is 4.98 Å². The van der Waals surface area contributed by atoms with Crippen LogP contribution in [-0.4, -0.2) is 30.3 Å². The molecule has 2 heterocycles. The average molecular weight is 358 g/mol. The van der Waals surface area contributed by atoms with Gasteiger partial charge in [0.1, 0.15) is 11.4 Å². The summed E-state index contributed by atoms with van der Waals surface area (Å²) in [6.45, 7) is 6.05. The quantitative estimate of drug-likeness (QED) is 0.828. The van der Waals surface area contributed by atoms with E-state index in [-0.39, 0.29) is 11.9 Å². The van der Waals surface area contributed by atoms with Gasteiger partial charge in [-0.25, -0.2) is 14.2 Å². The zero-order chi connectivity index (χ0) is 18.9. The molecule has 1 aliphatic heterocycles. The summed E-state index contributed by atoms with van der Waals surface area (Å²) in [5, 5.41) is 0. The molecule has 0 spiro atoms.